The van der Waals surface area contributed by atoms with E-state index in [0.29, 0.717) is 17.9 Å². The molecular formula is C11H15N5O2S. The van der Waals surface area contributed by atoms with E-state index >= 15 is 0 Å². The average molecular weight is 281 g/mol. The number of hydrogen-bond donors (Lipinski definition) is 1. The second-order valence-electron chi connectivity index (χ2n) is 4.06. The number of rotatable bonds is 4. The van der Waals surface area contributed by atoms with Gasteiger partial charge in [0.25, 0.3) is 10.0 Å². The van der Waals surface area contributed by atoms with Crippen molar-refractivity contribution in [1.82, 2.24) is 19.7 Å². The summed E-state index contributed by atoms with van der Waals surface area (Å²) in [6, 6.07) is 1.69. The fraction of sp³-hybridized carbons (Fsp3) is 0.364. The highest BCUT2D eigenvalue weighted by Gasteiger charge is 2.21. The first-order chi connectivity index (χ1) is 8.92. The van der Waals surface area contributed by atoms with Gasteiger partial charge < -0.3 is 0 Å². The Hall–Kier alpha value is -1.96. The number of aromatic nitrogens is 4. The molecule has 0 aliphatic carbocycles. The summed E-state index contributed by atoms with van der Waals surface area (Å²) in [7, 11) is -3.71. The minimum atomic E-state index is -3.71. The molecule has 0 aliphatic rings. The van der Waals surface area contributed by atoms with Crippen molar-refractivity contribution in [1.29, 1.82) is 0 Å². The predicted octanol–water partition coefficient (Wildman–Crippen LogP) is 1.11. The second kappa shape index (κ2) is 4.96. The van der Waals surface area contributed by atoms with Crippen LogP contribution < -0.4 is 4.72 Å². The lowest BCUT2D eigenvalue weighted by molar-refractivity contribution is 0.600. The molecule has 2 heterocycles. The first kappa shape index (κ1) is 13.5. The maximum absolute atomic E-state index is 12.2. The number of hydrogen-bond acceptors (Lipinski definition) is 5. The Balaban J connectivity index is 2.34. The van der Waals surface area contributed by atoms with Crippen molar-refractivity contribution in [3.05, 3.63) is 29.8 Å². The first-order valence-corrected chi connectivity index (χ1v) is 7.27. The fourth-order valence-electron chi connectivity index (χ4n) is 1.60. The monoisotopic (exact) mass is 281 g/mol. The molecule has 19 heavy (non-hydrogen) atoms. The summed E-state index contributed by atoms with van der Waals surface area (Å²) < 4.78 is 28.4. The maximum Gasteiger partial charge on any atom is 0.267 e. The lowest BCUT2D eigenvalue weighted by atomic mass is 10.5. The van der Waals surface area contributed by atoms with E-state index in [1.54, 1.807) is 24.6 Å². The lowest BCUT2D eigenvalue weighted by Gasteiger charge is -2.05. The quantitative estimate of drug-likeness (QED) is 0.906. The van der Waals surface area contributed by atoms with Crippen LogP contribution in [0.2, 0.25) is 0 Å². The second-order valence-corrected chi connectivity index (χ2v) is 5.71. The molecule has 0 saturated heterocycles. The Morgan fingerprint density at radius 1 is 1.37 bits per heavy atom. The minimum Gasteiger partial charge on any atom is -0.271 e. The van der Waals surface area contributed by atoms with Crippen LogP contribution in [0.15, 0.2) is 23.4 Å². The van der Waals surface area contributed by atoms with Gasteiger partial charge in [-0.25, -0.2) is 23.1 Å². The molecule has 1 N–H and O–H groups in total. The summed E-state index contributed by atoms with van der Waals surface area (Å²) >= 11 is 0. The number of sulfonamides is 1. The van der Waals surface area contributed by atoms with Gasteiger partial charge in [-0.15, -0.1) is 0 Å². The molecule has 0 unspecified atom stereocenters. The van der Waals surface area contributed by atoms with Crippen LogP contribution in [0.4, 0.5) is 5.95 Å². The van der Waals surface area contributed by atoms with Crippen molar-refractivity contribution >= 4 is 16.0 Å². The molecule has 2 aromatic heterocycles. The van der Waals surface area contributed by atoms with E-state index in [9.17, 15) is 8.42 Å². The summed E-state index contributed by atoms with van der Waals surface area (Å²) in [4.78, 5) is 8.03. The van der Waals surface area contributed by atoms with Crippen LogP contribution in [-0.4, -0.2) is 28.2 Å². The zero-order chi connectivity index (χ0) is 14.0. The van der Waals surface area contributed by atoms with E-state index in [2.05, 4.69) is 19.8 Å². The molecule has 0 radical (unpaired) electrons. The van der Waals surface area contributed by atoms with Crippen molar-refractivity contribution in [2.24, 2.45) is 0 Å². The van der Waals surface area contributed by atoms with Crippen LogP contribution in [0.5, 0.6) is 0 Å². The van der Waals surface area contributed by atoms with Crippen molar-refractivity contribution < 1.29 is 8.42 Å². The van der Waals surface area contributed by atoms with Gasteiger partial charge in [-0.05, 0) is 26.8 Å². The number of nitrogens with zero attached hydrogens (tertiary/aromatic N) is 4. The highest BCUT2D eigenvalue weighted by Crippen LogP contribution is 2.16. The van der Waals surface area contributed by atoms with Gasteiger partial charge >= 0.3 is 0 Å². The maximum atomic E-state index is 12.2. The Kier molecular flexibility index (Phi) is 3.52. The third-order valence-corrected chi connectivity index (χ3v) is 3.97. The molecule has 0 aromatic carbocycles. The van der Waals surface area contributed by atoms with Crippen LogP contribution in [0, 0.1) is 13.8 Å². The molecule has 102 valence electrons. The van der Waals surface area contributed by atoms with Crippen LogP contribution in [0.3, 0.4) is 0 Å². The van der Waals surface area contributed by atoms with E-state index in [-0.39, 0.29) is 10.8 Å². The van der Waals surface area contributed by atoms with Gasteiger partial charge in [-0.3, -0.25) is 4.68 Å². The summed E-state index contributed by atoms with van der Waals surface area (Å²) in [6.45, 7) is 5.91. The molecule has 0 bridgehead atoms. The smallest absolute Gasteiger partial charge is 0.267 e. The minimum absolute atomic E-state index is 0.0589. The van der Waals surface area contributed by atoms with Crippen LogP contribution >= 0.6 is 0 Å². The Morgan fingerprint density at radius 2 is 2.11 bits per heavy atom. The molecule has 7 nitrogen and oxygen atoms in total. The van der Waals surface area contributed by atoms with E-state index in [1.165, 1.54) is 12.4 Å². The number of anilines is 1. The molecule has 0 saturated carbocycles. The van der Waals surface area contributed by atoms with Gasteiger partial charge in [0.1, 0.15) is 4.90 Å². The molecule has 8 heteroatoms. The Labute approximate surface area is 111 Å². The topological polar surface area (TPSA) is 89.8 Å². The van der Waals surface area contributed by atoms with Gasteiger partial charge in [-0.1, -0.05) is 0 Å². The molecule has 2 aromatic rings. The van der Waals surface area contributed by atoms with Crippen LogP contribution in [0.25, 0.3) is 0 Å². The molecule has 0 atom stereocenters. The summed E-state index contributed by atoms with van der Waals surface area (Å²) in [5, 5.41) is 4.11. The standard InChI is InChI=1S/C11H15N5O2S/c1-4-16-7-10(9(3)14-16)19(17,18)15-11-12-6-5-8(2)13-11/h5-7H,4H2,1-3H3,(H,12,13,15). The van der Waals surface area contributed by atoms with Gasteiger partial charge in [-0.2, -0.15) is 5.10 Å². The van der Waals surface area contributed by atoms with Gasteiger partial charge in [0.15, 0.2) is 0 Å². The van der Waals surface area contributed by atoms with Gasteiger partial charge in [0.05, 0.1) is 5.69 Å². The number of aryl methyl sites for hydroxylation is 3. The van der Waals surface area contributed by atoms with E-state index in [1.807, 2.05) is 6.92 Å². The lowest BCUT2D eigenvalue weighted by Crippen LogP contribution is -2.15. The van der Waals surface area contributed by atoms with E-state index in [4.69, 9.17) is 0 Å². The van der Waals surface area contributed by atoms with Crippen molar-refractivity contribution in [2.45, 2.75) is 32.2 Å². The number of nitrogens with one attached hydrogen (secondary N) is 1. The Bertz CT molecular complexity index is 693. The molecule has 2 rings (SSSR count). The molecule has 0 spiro atoms. The zero-order valence-corrected chi connectivity index (χ0v) is 11.8. The fourth-order valence-corrected chi connectivity index (χ4v) is 2.74. The molecular weight excluding hydrogens is 266 g/mol. The van der Waals surface area contributed by atoms with E-state index in [0.717, 1.165) is 0 Å². The molecule has 0 amide bonds. The first-order valence-electron chi connectivity index (χ1n) is 5.79. The van der Waals surface area contributed by atoms with Crippen molar-refractivity contribution in [2.75, 3.05) is 4.72 Å². The van der Waals surface area contributed by atoms with Crippen molar-refractivity contribution in [3.8, 4) is 0 Å². The summed E-state index contributed by atoms with van der Waals surface area (Å²) in [6.07, 6.45) is 3.00. The van der Waals surface area contributed by atoms with E-state index < -0.39 is 10.0 Å². The normalized spacial score (nSPS) is 11.5. The predicted molar refractivity (Wildman–Crippen MR) is 70.2 cm³/mol. The van der Waals surface area contributed by atoms with Gasteiger partial charge in [0.2, 0.25) is 5.95 Å². The molecule has 0 fully saturated rings. The summed E-state index contributed by atoms with van der Waals surface area (Å²) in [5.74, 6) is 0.0589. The average Bonchev–Trinajstić information content (AvgIpc) is 2.71. The third kappa shape index (κ3) is 2.90. The highest BCUT2D eigenvalue weighted by atomic mass is 32.2. The van der Waals surface area contributed by atoms with Crippen LogP contribution in [-0.2, 0) is 16.6 Å². The zero-order valence-electron chi connectivity index (χ0n) is 11.0. The van der Waals surface area contributed by atoms with Crippen LogP contribution in [0.1, 0.15) is 18.3 Å². The largest absolute Gasteiger partial charge is 0.271 e. The highest BCUT2D eigenvalue weighted by molar-refractivity contribution is 7.92. The third-order valence-electron chi connectivity index (χ3n) is 2.54. The SMILES string of the molecule is CCn1cc(S(=O)(=O)Nc2nccc(C)n2)c(C)n1. The summed E-state index contributed by atoms with van der Waals surface area (Å²) in [5.41, 5.74) is 1.13. The van der Waals surface area contributed by atoms with Crippen molar-refractivity contribution in [3.63, 3.8) is 0 Å². The Morgan fingerprint density at radius 3 is 2.68 bits per heavy atom. The molecule has 0 aliphatic heterocycles. The van der Waals surface area contributed by atoms with Gasteiger partial charge in [0, 0.05) is 24.6 Å².